The van der Waals surface area contributed by atoms with Crippen LogP contribution in [0.3, 0.4) is 0 Å². The molecule has 0 unspecified atom stereocenters. The minimum atomic E-state index is -0.408. The molecule has 6 nitrogen and oxygen atoms in total. The van der Waals surface area contributed by atoms with Crippen molar-refractivity contribution in [2.24, 2.45) is 0 Å². The smallest absolute Gasteiger partial charge is 0.203 e. The number of methoxy groups -OCH3 is 3. The van der Waals surface area contributed by atoms with Crippen LogP contribution >= 0.6 is 0 Å². The van der Waals surface area contributed by atoms with Crippen LogP contribution in [0.15, 0.2) is 23.0 Å². The predicted octanol–water partition coefficient (Wildman–Crippen LogP) is 1.45. The molecule has 1 fully saturated rings. The normalized spacial score (nSPS) is 31.3. The Morgan fingerprint density at radius 2 is 2.11 bits per heavy atom. The number of ether oxygens (including phenoxy) is 5. The Morgan fingerprint density at radius 1 is 1.26 bits per heavy atom. The lowest BCUT2D eigenvalue weighted by molar-refractivity contribution is -0.242. The first-order valence-electron chi connectivity index (χ1n) is 6.17. The van der Waals surface area contributed by atoms with Crippen molar-refractivity contribution in [3.63, 3.8) is 0 Å². The fraction of sp³-hybridized carbons (Fsp3) is 0.692. The van der Waals surface area contributed by atoms with Crippen LogP contribution < -0.4 is 4.74 Å². The van der Waals surface area contributed by atoms with Crippen LogP contribution in [0, 0.1) is 0 Å². The van der Waals surface area contributed by atoms with Gasteiger partial charge in [0.1, 0.15) is 18.5 Å². The average Bonchev–Trinajstić information content (AvgIpc) is 2.91. The van der Waals surface area contributed by atoms with E-state index in [1.807, 2.05) is 0 Å². The molecule has 1 aliphatic rings. The van der Waals surface area contributed by atoms with Gasteiger partial charge in [-0.25, -0.2) is 0 Å². The highest BCUT2D eigenvalue weighted by Crippen LogP contribution is 2.27. The Hall–Kier alpha value is -1.08. The molecule has 19 heavy (non-hydrogen) atoms. The Balaban J connectivity index is 2.02. The molecule has 0 aliphatic carbocycles. The van der Waals surface area contributed by atoms with Crippen LogP contribution in [0.25, 0.3) is 0 Å². The second-order valence-corrected chi connectivity index (χ2v) is 4.35. The first kappa shape index (κ1) is 14.3. The summed E-state index contributed by atoms with van der Waals surface area (Å²) in [6, 6.07) is 1.74. The van der Waals surface area contributed by atoms with Crippen LogP contribution in [0.5, 0.6) is 5.75 Å². The first-order chi connectivity index (χ1) is 9.28. The van der Waals surface area contributed by atoms with Crippen molar-refractivity contribution >= 4 is 0 Å². The fourth-order valence-electron chi connectivity index (χ4n) is 2.27. The lowest BCUT2D eigenvalue weighted by Crippen LogP contribution is -2.53. The molecule has 0 saturated carbocycles. The van der Waals surface area contributed by atoms with E-state index >= 15 is 0 Å². The second kappa shape index (κ2) is 6.91. The van der Waals surface area contributed by atoms with E-state index in [9.17, 15) is 0 Å². The van der Waals surface area contributed by atoms with Gasteiger partial charge in [0.2, 0.25) is 6.29 Å². The standard InChI is InChI=1S/C13H20O6/c1-14-8-11-13(16-3)10(15-2)6-12(19-11)18-9-4-5-17-7-9/h4-5,7,10-13H,6,8H2,1-3H3/t10-,11-,12-,13+/m1/s1. The highest BCUT2D eigenvalue weighted by molar-refractivity contribution is 5.13. The van der Waals surface area contributed by atoms with Gasteiger partial charge in [0.05, 0.1) is 19.0 Å². The van der Waals surface area contributed by atoms with E-state index in [0.717, 1.165) is 0 Å². The fourth-order valence-corrected chi connectivity index (χ4v) is 2.27. The van der Waals surface area contributed by atoms with Gasteiger partial charge in [0.25, 0.3) is 0 Å². The zero-order valence-corrected chi connectivity index (χ0v) is 11.4. The molecule has 6 heteroatoms. The van der Waals surface area contributed by atoms with Gasteiger partial charge in [-0.3, -0.25) is 0 Å². The average molecular weight is 272 g/mol. The zero-order valence-electron chi connectivity index (χ0n) is 11.4. The molecule has 2 heterocycles. The molecule has 4 atom stereocenters. The molecule has 1 aromatic rings. The Kier molecular flexibility index (Phi) is 5.21. The zero-order chi connectivity index (χ0) is 13.7. The highest BCUT2D eigenvalue weighted by Gasteiger charge is 2.40. The molecule has 0 N–H and O–H groups in total. The molecule has 2 rings (SSSR count). The Bertz CT molecular complexity index is 352. The molecule has 0 spiro atoms. The van der Waals surface area contributed by atoms with E-state index < -0.39 is 6.29 Å². The van der Waals surface area contributed by atoms with Crippen molar-refractivity contribution in [3.05, 3.63) is 18.6 Å². The third-order valence-electron chi connectivity index (χ3n) is 3.15. The monoisotopic (exact) mass is 272 g/mol. The van der Waals surface area contributed by atoms with Crippen molar-refractivity contribution in [3.8, 4) is 5.75 Å². The first-order valence-corrected chi connectivity index (χ1v) is 6.17. The Morgan fingerprint density at radius 3 is 2.68 bits per heavy atom. The topological polar surface area (TPSA) is 59.3 Å². The van der Waals surface area contributed by atoms with Gasteiger partial charge < -0.3 is 28.1 Å². The molecular weight excluding hydrogens is 252 g/mol. The molecule has 0 radical (unpaired) electrons. The van der Waals surface area contributed by atoms with E-state index in [0.29, 0.717) is 18.8 Å². The quantitative estimate of drug-likeness (QED) is 0.781. The van der Waals surface area contributed by atoms with Gasteiger partial charge in [0.15, 0.2) is 5.75 Å². The van der Waals surface area contributed by atoms with E-state index in [1.54, 1.807) is 33.7 Å². The SMILES string of the molecule is COC[C@H]1O[C@@H](Oc2ccoc2)C[C@@H](OC)[C@@H]1OC. The molecule has 108 valence electrons. The van der Waals surface area contributed by atoms with Crippen molar-refractivity contribution in [2.45, 2.75) is 31.0 Å². The minimum Gasteiger partial charge on any atom is -0.469 e. The van der Waals surface area contributed by atoms with Crippen LogP contribution in [-0.2, 0) is 18.9 Å². The molecule has 0 bridgehead atoms. The van der Waals surface area contributed by atoms with Crippen LogP contribution in [0.1, 0.15) is 6.42 Å². The van der Waals surface area contributed by atoms with E-state index in [-0.39, 0.29) is 18.3 Å². The highest BCUT2D eigenvalue weighted by atomic mass is 16.7. The summed E-state index contributed by atoms with van der Waals surface area (Å²) in [5.41, 5.74) is 0. The van der Waals surface area contributed by atoms with Gasteiger partial charge in [-0.1, -0.05) is 0 Å². The molecule has 0 aromatic carbocycles. The lowest BCUT2D eigenvalue weighted by atomic mass is 10.0. The summed E-state index contributed by atoms with van der Waals surface area (Å²) in [6.45, 7) is 0.420. The number of furan rings is 1. The molecule has 1 aliphatic heterocycles. The minimum absolute atomic E-state index is 0.101. The Labute approximate surface area is 112 Å². The second-order valence-electron chi connectivity index (χ2n) is 4.35. The molecule has 1 saturated heterocycles. The summed E-state index contributed by atoms with van der Waals surface area (Å²) >= 11 is 0. The predicted molar refractivity (Wildman–Crippen MR) is 66.1 cm³/mol. The third-order valence-corrected chi connectivity index (χ3v) is 3.15. The van der Waals surface area contributed by atoms with Gasteiger partial charge >= 0.3 is 0 Å². The molecule has 0 amide bonds. The summed E-state index contributed by atoms with van der Waals surface area (Å²) in [6.07, 6.45) is 2.75. The van der Waals surface area contributed by atoms with Gasteiger partial charge in [-0.05, 0) is 0 Å². The third kappa shape index (κ3) is 3.48. The van der Waals surface area contributed by atoms with Crippen molar-refractivity contribution in [2.75, 3.05) is 27.9 Å². The summed E-state index contributed by atoms with van der Waals surface area (Å²) in [5, 5.41) is 0. The van der Waals surface area contributed by atoms with Crippen LogP contribution in [0.2, 0.25) is 0 Å². The van der Waals surface area contributed by atoms with Crippen LogP contribution in [0.4, 0.5) is 0 Å². The van der Waals surface area contributed by atoms with Gasteiger partial charge in [0, 0.05) is 33.8 Å². The van der Waals surface area contributed by atoms with Gasteiger partial charge in [-0.15, -0.1) is 0 Å². The maximum absolute atomic E-state index is 5.84. The summed E-state index contributed by atoms with van der Waals surface area (Å²) in [4.78, 5) is 0. The number of hydrogen-bond acceptors (Lipinski definition) is 6. The molecule has 1 aromatic heterocycles. The summed E-state index contributed by atoms with van der Waals surface area (Å²) < 4.78 is 32.5. The largest absolute Gasteiger partial charge is 0.469 e. The molecular formula is C13H20O6. The summed E-state index contributed by atoms with van der Waals surface area (Å²) in [7, 11) is 4.92. The maximum atomic E-state index is 5.84. The van der Waals surface area contributed by atoms with Crippen molar-refractivity contribution < 1.29 is 28.1 Å². The van der Waals surface area contributed by atoms with Crippen molar-refractivity contribution in [1.82, 2.24) is 0 Å². The van der Waals surface area contributed by atoms with Crippen LogP contribution in [-0.4, -0.2) is 52.5 Å². The number of hydrogen-bond donors (Lipinski definition) is 0. The van der Waals surface area contributed by atoms with Crippen molar-refractivity contribution in [1.29, 1.82) is 0 Å². The van der Waals surface area contributed by atoms with E-state index in [1.165, 1.54) is 6.26 Å². The summed E-state index contributed by atoms with van der Waals surface area (Å²) in [5.74, 6) is 0.631. The van der Waals surface area contributed by atoms with E-state index in [4.69, 9.17) is 28.1 Å². The lowest BCUT2D eigenvalue weighted by Gasteiger charge is -2.39. The maximum Gasteiger partial charge on any atom is 0.203 e. The number of rotatable bonds is 6. The van der Waals surface area contributed by atoms with Gasteiger partial charge in [-0.2, -0.15) is 0 Å². The van der Waals surface area contributed by atoms with E-state index in [2.05, 4.69) is 0 Å².